The molecule has 0 spiro atoms. The SMILES string of the molecule is Cc1cc(C)c2c(-n3cccc3)c(C(=O)NN=Cc3ccc(-c4ccc(F)cc4)o3)sc2n1. The third-order valence-corrected chi connectivity index (χ3v) is 6.22. The van der Waals surface area contributed by atoms with Crippen molar-refractivity contribution >= 4 is 33.7 Å². The first-order valence-electron chi connectivity index (χ1n) is 10.2. The number of amides is 1. The van der Waals surface area contributed by atoms with Crippen LogP contribution in [-0.4, -0.2) is 21.7 Å². The zero-order valence-electron chi connectivity index (χ0n) is 17.9. The Balaban J connectivity index is 1.41. The van der Waals surface area contributed by atoms with Gasteiger partial charge in [-0.3, -0.25) is 4.79 Å². The molecule has 0 saturated carbocycles. The summed E-state index contributed by atoms with van der Waals surface area (Å²) in [5.41, 5.74) is 6.09. The Morgan fingerprint density at radius 2 is 1.91 bits per heavy atom. The highest BCUT2D eigenvalue weighted by Gasteiger charge is 2.22. The minimum Gasteiger partial charge on any atom is -0.455 e. The molecule has 5 rings (SSSR count). The van der Waals surface area contributed by atoms with Crippen molar-refractivity contribution in [3.05, 3.63) is 94.7 Å². The molecular weight excluding hydrogens is 439 g/mol. The van der Waals surface area contributed by atoms with Crippen LogP contribution in [0, 0.1) is 19.7 Å². The summed E-state index contributed by atoms with van der Waals surface area (Å²) in [6.45, 7) is 3.96. The third-order valence-electron chi connectivity index (χ3n) is 5.14. The van der Waals surface area contributed by atoms with Crippen molar-refractivity contribution in [1.82, 2.24) is 15.0 Å². The summed E-state index contributed by atoms with van der Waals surface area (Å²) in [6, 6.07) is 15.4. The Morgan fingerprint density at radius 1 is 1.15 bits per heavy atom. The first kappa shape index (κ1) is 20.8. The lowest BCUT2D eigenvalue weighted by Crippen LogP contribution is -2.18. The smallest absolute Gasteiger partial charge is 0.283 e. The van der Waals surface area contributed by atoms with E-state index < -0.39 is 0 Å². The minimum absolute atomic E-state index is 0.309. The van der Waals surface area contributed by atoms with E-state index in [0.29, 0.717) is 16.4 Å². The van der Waals surface area contributed by atoms with Gasteiger partial charge in [-0.2, -0.15) is 5.10 Å². The van der Waals surface area contributed by atoms with E-state index >= 15 is 0 Å². The van der Waals surface area contributed by atoms with Crippen molar-refractivity contribution < 1.29 is 13.6 Å². The lowest BCUT2D eigenvalue weighted by Gasteiger charge is -2.07. The number of rotatable bonds is 5. The molecule has 8 heteroatoms. The molecule has 0 unspecified atom stereocenters. The van der Waals surface area contributed by atoms with Crippen LogP contribution < -0.4 is 5.43 Å². The molecule has 0 bridgehead atoms. The summed E-state index contributed by atoms with van der Waals surface area (Å²) in [5.74, 6) is 0.403. The average molecular weight is 459 g/mol. The number of aryl methyl sites for hydroxylation is 2. The highest BCUT2D eigenvalue weighted by atomic mass is 32.1. The van der Waals surface area contributed by atoms with E-state index in [1.165, 1.54) is 29.7 Å². The van der Waals surface area contributed by atoms with Crippen LogP contribution in [0.3, 0.4) is 0 Å². The molecule has 4 aromatic heterocycles. The second kappa shape index (κ2) is 8.48. The summed E-state index contributed by atoms with van der Waals surface area (Å²) in [5, 5.41) is 5.02. The molecule has 1 amide bonds. The molecule has 0 aliphatic carbocycles. The van der Waals surface area contributed by atoms with Crippen LogP contribution >= 0.6 is 11.3 Å². The van der Waals surface area contributed by atoms with E-state index in [1.54, 1.807) is 24.3 Å². The van der Waals surface area contributed by atoms with Gasteiger partial charge in [0.15, 0.2) is 0 Å². The van der Waals surface area contributed by atoms with E-state index in [-0.39, 0.29) is 11.7 Å². The van der Waals surface area contributed by atoms with Gasteiger partial charge in [-0.15, -0.1) is 11.3 Å². The largest absolute Gasteiger partial charge is 0.455 e. The van der Waals surface area contributed by atoms with Gasteiger partial charge in [0.1, 0.15) is 27.0 Å². The van der Waals surface area contributed by atoms with Crippen LogP contribution in [0.2, 0.25) is 0 Å². The first-order chi connectivity index (χ1) is 16.0. The third kappa shape index (κ3) is 4.08. The summed E-state index contributed by atoms with van der Waals surface area (Å²) in [6.07, 6.45) is 5.24. The van der Waals surface area contributed by atoms with E-state index in [9.17, 15) is 9.18 Å². The number of thiophene rings is 1. The number of hydrogen-bond acceptors (Lipinski definition) is 5. The van der Waals surface area contributed by atoms with Crippen LogP contribution in [0.5, 0.6) is 0 Å². The number of carbonyl (C=O) groups is 1. The van der Waals surface area contributed by atoms with Crippen LogP contribution in [0.15, 0.2) is 76.5 Å². The van der Waals surface area contributed by atoms with Gasteiger partial charge in [0.2, 0.25) is 0 Å². The number of nitrogens with zero attached hydrogens (tertiary/aromatic N) is 3. The average Bonchev–Trinajstić information content (AvgIpc) is 3.53. The Hall–Kier alpha value is -4.04. The monoisotopic (exact) mass is 458 g/mol. The Bertz CT molecular complexity index is 1480. The van der Waals surface area contributed by atoms with Crippen LogP contribution in [0.4, 0.5) is 4.39 Å². The second-order valence-corrected chi connectivity index (χ2v) is 8.54. The van der Waals surface area contributed by atoms with Gasteiger partial charge in [0, 0.05) is 29.0 Å². The van der Waals surface area contributed by atoms with Gasteiger partial charge in [-0.25, -0.2) is 14.8 Å². The van der Waals surface area contributed by atoms with Crippen LogP contribution in [0.25, 0.3) is 27.2 Å². The number of aromatic nitrogens is 2. The molecule has 33 heavy (non-hydrogen) atoms. The number of benzene rings is 1. The summed E-state index contributed by atoms with van der Waals surface area (Å²) < 4.78 is 20.8. The normalized spacial score (nSPS) is 11.5. The van der Waals surface area contributed by atoms with Crippen molar-refractivity contribution in [3.8, 4) is 17.0 Å². The number of furan rings is 1. The van der Waals surface area contributed by atoms with E-state index in [2.05, 4.69) is 15.5 Å². The van der Waals surface area contributed by atoms with E-state index in [4.69, 9.17) is 4.42 Å². The predicted octanol–water partition coefficient (Wildman–Crippen LogP) is 5.87. The zero-order chi connectivity index (χ0) is 22.9. The standard InChI is InChI=1S/C25H19FN4O2S/c1-15-13-16(2)28-25-21(15)22(30-11-3-4-12-30)23(33-25)24(31)29-27-14-19-9-10-20(32-19)17-5-7-18(26)8-6-17/h3-14H,1-2H3,(H,29,31). The Labute approximate surface area is 193 Å². The molecule has 164 valence electrons. The van der Waals surface area contributed by atoms with Crippen LogP contribution in [-0.2, 0) is 0 Å². The minimum atomic E-state index is -0.333. The van der Waals surface area contributed by atoms with Crippen molar-refractivity contribution in [3.63, 3.8) is 0 Å². The maximum Gasteiger partial charge on any atom is 0.283 e. The van der Waals surface area contributed by atoms with Gasteiger partial charge in [-0.05, 0) is 74.0 Å². The van der Waals surface area contributed by atoms with E-state index in [1.807, 2.05) is 49.0 Å². The number of pyridine rings is 1. The van der Waals surface area contributed by atoms with Gasteiger partial charge >= 0.3 is 0 Å². The Kier molecular flexibility index (Phi) is 5.35. The topological polar surface area (TPSA) is 72.4 Å². The molecule has 6 nitrogen and oxygen atoms in total. The predicted molar refractivity (Wildman–Crippen MR) is 128 cm³/mol. The molecule has 5 aromatic rings. The van der Waals surface area contributed by atoms with Gasteiger partial charge in [-0.1, -0.05) is 0 Å². The van der Waals surface area contributed by atoms with Gasteiger partial charge in [0.05, 0.1) is 11.9 Å². The quantitative estimate of drug-likeness (QED) is 0.265. The second-order valence-electron chi connectivity index (χ2n) is 7.54. The zero-order valence-corrected chi connectivity index (χ0v) is 18.7. The number of nitrogens with one attached hydrogen (secondary N) is 1. The number of halogens is 1. The Morgan fingerprint density at radius 3 is 2.67 bits per heavy atom. The van der Waals surface area contributed by atoms with Gasteiger partial charge < -0.3 is 8.98 Å². The number of hydrazone groups is 1. The first-order valence-corrected chi connectivity index (χ1v) is 11.0. The molecule has 0 radical (unpaired) electrons. The maximum absolute atomic E-state index is 13.1. The van der Waals surface area contributed by atoms with Crippen LogP contribution in [0.1, 0.15) is 26.7 Å². The lowest BCUT2D eigenvalue weighted by molar-refractivity contribution is 0.0959. The van der Waals surface area contributed by atoms with Gasteiger partial charge in [0.25, 0.3) is 5.91 Å². The fourth-order valence-corrected chi connectivity index (χ4v) is 4.89. The number of fused-ring (bicyclic) bond motifs is 1. The van der Waals surface area contributed by atoms with Crippen molar-refractivity contribution in [2.45, 2.75) is 13.8 Å². The van der Waals surface area contributed by atoms with Crippen molar-refractivity contribution in [2.75, 3.05) is 0 Å². The van der Waals surface area contributed by atoms with Crippen molar-refractivity contribution in [1.29, 1.82) is 0 Å². The lowest BCUT2D eigenvalue weighted by atomic mass is 10.1. The fourth-order valence-electron chi connectivity index (χ4n) is 3.70. The molecule has 1 N–H and O–H groups in total. The molecule has 0 atom stereocenters. The highest BCUT2D eigenvalue weighted by molar-refractivity contribution is 7.21. The number of hydrogen-bond donors (Lipinski definition) is 1. The maximum atomic E-state index is 13.1. The number of carbonyl (C=O) groups excluding carboxylic acids is 1. The summed E-state index contributed by atoms with van der Waals surface area (Å²) >= 11 is 1.34. The fraction of sp³-hybridized carbons (Fsp3) is 0.0800. The summed E-state index contributed by atoms with van der Waals surface area (Å²) in [7, 11) is 0. The molecule has 0 saturated heterocycles. The molecule has 4 heterocycles. The molecular formula is C25H19FN4O2S. The van der Waals surface area contributed by atoms with Crippen molar-refractivity contribution in [2.24, 2.45) is 5.10 Å². The molecule has 0 aliphatic heterocycles. The molecule has 0 aliphatic rings. The molecule has 1 aromatic carbocycles. The van der Waals surface area contributed by atoms with E-state index in [0.717, 1.165) is 32.7 Å². The molecule has 0 fully saturated rings. The summed E-state index contributed by atoms with van der Waals surface area (Å²) in [4.78, 5) is 19.0. The highest BCUT2D eigenvalue weighted by Crippen LogP contribution is 2.35.